The van der Waals surface area contributed by atoms with Gasteiger partial charge in [0, 0.05) is 11.6 Å². The summed E-state index contributed by atoms with van der Waals surface area (Å²) in [6.07, 6.45) is -3.35. The van der Waals surface area contributed by atoms with Crippen LogP contribution in [0.5, 0.6) is 0 Å². The minimum absolute atomic E-state index is 0.0762. The number of nitrogens with two attached hydrogens (primary N) is 1. The van der Waals surface area contributed by atoms with Gasteiger partial charge in [0.1, 0.15) is 0 Å². The summed E-state index contributed by atoms with van der Waals surface area (Å²) in [6.45, 7) is 0. The fourth-order valence-electron chi connectivity index (χ4n) is 3.02. The molecule has 1 fully saturated rings. The molecule has 0 bridgehead atoms. The Morgan fingerprint density at radius 1 is 1.00 bits per heavy atom. The maximum Gasteiger partial charge on any atom is 0.392 e. The zero-order chi connectivity index (χ0) is 15.8. The van der Waals surface area contributed by atoms with E-state index < -0.39 is 47.1 Å². The predicted molar refractivity (Wildman–Crippen MR) is 64.7 cm³/mol. The van der Waals surface area contributed by atoms with E-state index in [9.17, 15) is 26.3 Å². The topological polar surface area (TPSA) is 26.0 Å². The summed E-state index contributed by atoms with van der Waals surface area (Å²) in [6, 6.07) is 0.284. The number of rotatable bonds is 2. The van der Waals surface area contributed by atoms with Crippen molar-refractivity contribution in [1.29, 1.82) is 0 Å². The van der Waals surface area contributed by atoms with Crippen LogP contribution in [-0.2, 0) is 0 Å². The third kappa shape index (κ3) is 3.17. The van der Waals surface area contributed by atoms with Gasteiger partial charge in [0.25, 0.3) is 0 Å². The lowest BCUT2D eigenvalue weighted by Crippen LogP contribution is -2.39. The first-order valence-corrected chi connectivity index (χ1v) is 6.69. The summed E-state index contributed by atoms with van der Waals surface area (Å²) < 4.78 is 78.9. The van der Waals surface area contributed by atoms with Crippen LogP contribution in [0.4, 0.5) is 26.3 Å². The molecule has 1 aliphatic carbocycles. The molecule has 2 rings (SSSR count). The van der Waals surface area contributed by atoms with E-state index in [1.165, 1.54) is 0 Å². The van der Waals surface area contributed by atoms with Crippen molar-refractivity contribution in [1.82, 2.24) is 0 Å². The molecule has 0 aromatic heterocycles. The van der Waals surface area contributed by atoms with Crippen LogP contribution < -0.4 is 5.73 Å². The van der Waals surface area contributed by atoms with E-state index in [-0.39, 0.29) is 12.8 Å². The standard InChI is InChI=1S/C14H15F6N/c15-10-6-5-8(11(16)12(10)17)13(21)7-3-1-2-4-9(7)14(18,19)20/h5-7,9,13H,1-4,21H2. The Labute approximate surface area is 118 Å². The summed E-state index contributed by atoms with van der Waals surface area (Å²) in [5, 5.41) is 0. The third-order valence-corrected chi connectivity index (χ3v) is 4.13. The normalized spacial score (nSPS) is 24.9. The molecule has 21 heavy (non-hydrogen) atoms. The minimum Gasteiger partial charge on any atom is -0.324 e. The van der Waals surface area contributed by atoms with Gasteiger partial charge < -0.3 is 5.73 Å². The van der Waals surface area contributed by atoms with Gasteiger partial charge in [-0.2, -0.15) is 13.2 Å². The molecule has 1 aromatic rings. The summed E-state index contributed by atoms with van der Waals surface area (Å²) >= 11 is 0. The molecule has 1 saturated carbocycles. The number of benzene rings is 1. The SMILES string of the molecule is NC(c1ccc(F)c(F)c1F)C1CCCCC1C(F)(F)F. The highest BCUT2D eigenvalue weighted by molar-refractivity contribution is 5.24. The molecule has 118 valence electrons. The van der Waals surface area contributed by atoms with Crippen LogP contribution in [0.2, 0.25) is 0 Å². The van der Waals surface area contributed by atoms with Crippen LogP contribution >= 0.6 is 0 Å². The Bertz CT molecular complexity index is 513. The van der Waals surface area contributed by atoms with Gasteiger partial charge >= 0.3 is 6.18 Å². The number of hydrogen-bond acceptors (Lipinski definition) is 1. The van der Waals surface area contributed by atoms with Crippen molar-refractivity contribution < 1.29 is 26.3 Å². The number of hydrogen-bond donors (Lipinski definition) is 1. The molecule has 0 aliphatic heterocycles. The van der Waals surface area contributed by atoms with E-state index in [1.54, 1.807) is 0 Å². The van der Waals surface area contributed by atoms with Crippen molar-refractivity contribution in [2.24, 2.45) is 17.6 Å². The van der Waals surface area contributed by atoms with Crippen molar-refractivity contribution in [2.45, 2.75) is 37.9 Å². The van der Waals surface area contributed by atoms with Crippen LogP contribution in [0.15, 0.2) is 12.1 Å². The zero-order valence-corrected chi connectivity index (χ0v) is 11.1. The lowest BCUT2D eigenvalue weighted by molar-refractivity contribution is -0.198. The highest BCUT2D eigenvalue weighted by atomic mass is 19.4. The summed E-state index contributed by atoms with van der Waals surface area (Å²) in [5.41, 5.74) is 5.34. The highest BCUT2D eigenvalue weighted by Crippen LogP contribution is 2.46. The predicted octanol–water partition coefficient (Wildman–Crippen LogP) is 4.47. The van der Waals surface area contributed by atoms with Crippen molar-refractivity contribution in [3.05, 3.63) is 35.1 Å². The minimum atomic E-state index is -4.43. The fraction of sp³-hybridized carbons (Fsp3) is 0.571. The van der Waals surface area contributed by atoms with Crippen LogP contribution in [0, 0.1) is 29.3 Å². The average Bonchev–Trinajstić information content (AvgIpc) is 2.43. The van der Waals surface area contributed by atoms with Gasteiger partial charge in [0.15, 0.2) is 17.5 Å². The summed E-state index contributed by atoms with van der Waals surface area (Å²) in [4.78, 5) is 0. The highest BCUT2D eigenvalue weighted by Gasteiger charge is 2.47. The molecule has 3 unspecified atom stereocenters. The van der Waals surface area contributed by atoms with E-state index in [1.807, 2.05) is 0 Å². The van der Waals surface area contributed by atoms with E-state index in [4.69, 9.17) is 5.73 Å². The molecule has 0 heterocycles. The van der Waals surface area contributed by atoms with Gasteiger partial charge in [-0.25, -0.2) is 13.2 Å². The van der Waals surface area contributed by atoms with Crippen molar-refractivity contribution in [2.75, 3.05) is 0 Å². The van der Waals surface area contributed by atoms with Gasteiger partial charge in [-0.1, -0.05) is 18.9 Å². The van der Waals surface area contributed by atoms with E-state index >= 15 is 0 Å². The maximum absolute atomic E-state index is 13.7. The molecule has 1 aliphatic rings. The van der Waals surface area contributed by atoms with Crippen LogP contribution in [-0.4, -0.2) is 6.18 Å². The first-order valence-electron chi connectivity index (χ1n) is 6.69. The molecule has 1 nitrogen and oxygen atoms in total. The van der Waals surface area contributed by atoms with Crippen LogP contribution in [0.3, 0.4) is 0 Å². The largest absolute Gasteiger partial charge is 0.392 e. The third-order valence-electron chi connectivity index (χ3n) is 4.13. The monoisotopic (exact) mass is 311 g/mol. The second kappa shape index (κ2) is 5.87. The number of halogens is 6. The molecule has 1 aromatic carbocycles. The Balaban J connectivity index is 2.33. The second-order valence-corrected chi connectivity index (χ2v) is 5.39. The van der Waals surface area contributed by atoms with Gasteiger partial charge in [-0.3, -0.25) is 0 Å². The fourth-order valence-corrected chi connectivity index (χ4v) is 3.02. The van der Waals surface area contributed by atoms with E-state index in [0.29, 0.717) is 18.9 Å². The number of alkyl halides is 3. The average molecular weight is 311 g/mol. The zero-order valence-electron chi connectivity index (χ0n) is 11.1. The van der Waals surface area contributed by atoms with Crippen molar-refractivity contribution in [3.63, 3.8) is 0 Å². The van der Waals surface area contributed by atoms with E-state index in [2.05, 4.69) is 0 Å². The molecule has 7 heteroatoms. The van der Waals surface area contributed by atoms with Crippen LogP contribution in [0.25, 0.3) is 0 Å². The Morgan fingerprint density at radius 2 is 1.62 bits per heavy atom. The molecule has 0 amide bonds. The Kier molecular flexibility index (Phi) is 4.51. The van der Waals surface area contributed by atoms with Crippen molar-refractivity contribution in [3.8, 4) is 0 Å². The van der Waals surface area contributed by atoms with E-state index in [0.717, 1.165) is 6.07 Å². The molecule has 0 saturated heterocycles. The second-order valence-electron chi connectivity index (χ2n) is 5.39. The maximum atomic E-state index is 13.7. The molecule has 2 N–H and O–H groups in total. The summed E-state index contributed by atoms with van der Waals surface area (Å²) in [7, 11) is 0. The lowest BCUT2D eigenvalue weighted by atomic mass is 9.73. The lowest BCUT2D eigenvalue weighted by Gasteiger charge is -2.36. The Morgan fingerprint density at radius 3 is 2.24 bits per heavy atom. The van der Waals surface area contributed by atoms with Gasteiger partial charge in [0.2, 0.25) is 0 Å². The van der Waals surface area contributed by atoms with Gasteiger partial charge in [-0.15, -0.1) is 0 Å². The van der Waals surface area contributed by atoms with Gasteiger partial charge in [-0.05, 0) is 24.8 Å². The first kappa shape index (κ1) is 16.1. The molecule has 3 atom stereocenters. The van der Waals surface area contributed by atoms with Gasteiger partial charge in [0.05, 0.1) is 5.92 Å². The molecule has 0 spiro atoms. The Hall–Kier alpha value is -1.24. The van der Waals surface area contributed by atoms with Crippen LogP contribution in [0.1, 0.15) is 37.3 Å². The summed E-state index contributed by atoms with van der Waals surface area (Å²) in [5.74, 6) is -7.28. The first-order chi connectivity index (χ1) is 9.73. The quantitative estimate of drug-likeness (QED) is 0.633. The molecule has 0 radical (unpaired) electrons. The molecular formula is C14H15F6N. The molecular weight excluding hydrogens is 296 g/mol. The smallest absolute Gasteiger partial charge is 0.324 e. The van der Waals surface area contributed by atoms with Crippen molar-refractivity contribution >= 4 is 0 Å².